The Morgan fingerprint density at radius 2 is 2.13 bits per heavy atom. The van der Waals surface area contributed by atoms with Gasteiger partial charge in [0.05, 0.1) is 12.8 Å². The molecular weight excluding hydrogens is 200 g/mol. The third kappa shape index (κ3) is 1.77. The molecule has 2 fully saturated rings. The Morgan fingerprint density at radius 1 is 1.40 bits per heavy atom. The Balaban J connectivity index is 2.17. The van der Waals surface area contributed by atoms with Crippen LogP contribution in [-0.4, -0.2) is 75.5 Å². The Bertz CT molecular complexity index is 236. The Hall–Kier alpha value is -0.240. The molecule has 0 spiro atoms. The number of nitrogens with zero attached hydrogens (tertiary/aromatic N) is 1. The van der Waals surface area contributed by atoms with Crippen molar-refractivity contribution in [3.63, 3.8) is 0 Å². The van der Waals surface area contributed by atoms with Gasteiger partial charge >= 0.3 is 0 Å². The molecule has 5 N–H and O–H groups in total. The lowest BCUT2D eigenvalue weighted by molar-refractivity contribution is -0.212. The molecule has 0 aromatic heterocycles. The van der Waals surface area contributed by atoms with Gasteiger partial charge in [-0.15, -0.1) is 0 Å². The number of aliphatic hydroxyl groups is 4. The van der Waals surface area contributed by atoms with E-state index in [2.05, 4.69) is 5.32 Å². The fraction of sp³-hybridized carbons (Fsp3) is 1.00. The van der Waals surface area contributed by atoms with Crippen LogP contribution in [0, 0.1) is 0 Å². The van der Waals surface area contributed by atoms with Crippen LogP contribution in [0.5, 0.6) is 0 Å². The molecule has 6 nitrogen and oxygen atoms in total. The maximum Gasteiger partial charge on any atom is 0.129 e. The Morgan fingerprint density at radius 3 is 2.80 bits per heavy atom. The zero-order chi connectivity index (χ0) is 11.1. The first-order valence-corrected chi connectivity index (χ1v) is 5.25. The summed E-state index contributed by atoms with van der Waals surface area (Å²) < 4.78 is 0. The molecule has 0 bridgehead atoms. The second-order valence-corrected chi connectivity index (χ2v) is 4.42. The van der Waals surface area contributed by atoms with Crippen molar-refractivity contribution in [2.75, 3.05) is 26.2 Å². The largest absolute Gasteiger partial charge is 0.393 e. The van der Waals surface area contributed by atoms with E-state index >= 15 is 0 Å². The van der Waals surface area contributed by atoms with Gasteiger partial charge < -0.3 is 20.4 Å². The minimum Gasteiger partial charge on any atom is -0.393 e. The Labute approximate surface area is 88.1 Å². The molecule has 2 aliphatic heterocycles. The first-order chi connectivity index (χ1) is 7.08. The zero-order valence-electron chi connectivity index (χ0n) is 8.50. The van der Waals surface area contributed by atoms with E-state index in [1.54, 1.807) is 0 Å². The third-order valence-corrected chi connectivity index (χ3v) is 3.32. The number of fused-ring (bicyclic) bond motifs is 1. The van der Waals surface area contributed by atoms with Crippen LogP contribution in [0.4, 0.5) is 0 Å². The van der Waals surface area contributed by atoms with E-state index in [1.807, 2.05) is 4.90 Å². The molecule has 2 aliphatic rings. The number of rotatable bonds is 1. The van der Waals surface area contributed by atoms with E-state index in [4.69, 9.17) is 5.11 Å². The lowest BCUT2D eigenvalue weighted by Gasteiger charge is -2.51. The van der Waals surface area contributed by atoms with E-state index in [0.717, 1.165) is 19.5 Å². The minimum atomic E-state index is -1.62. The molecule has 0 aromatic carbocycles. The number of piperidine rings is 1. The number of nitrogens with one attached hydrogen (secondary N) is 1. The molecule has 4 atom stereocenters. The molecule has 0 aliphatic carbocycles. The summed E-state index contributed by atoms with van der Waals surface area (Å²) in [4.78, 5) is 1.86. The number of hydrogen-bond acceptors (Lipinski definition) is 6. The first kappa shape index (κ1) is 11.3. The van der Waals surface area contributed by atoms with Gasteiger partial charge in [0, 0.05) is 13.1 Å². The summed E-state index contributed by atoms with van der Waals surface area (Å²) in [5.41, 5.74) is -1.62. The molecule has 0 amide bonds. The normalized spacial score (nSPS) is 47.6. The smallest absolute Gasteiger partial charge is 0.129 e. The van der Waals surface area contributed by atoms with Crippen molar-refractivity contribution < 1.29 is 20.4 Å². The van der Waals surface area contributed by atoms with Crippen LogP contribution < -0.4 is 5.32 Å². The lowest BCUT2D eigenvalue weighted by atomic mass is 9.85. The van der Waals surface area contributed by atoms with Gasteiger partial charge in [0.15, 0.2) is 0 Å². The second-order valence-electron chi connectivity index (χ2n) is 4.42. The van der Waals surface area contributed by atoms with Crippen LogP contribution in [0.25, 0.3) is 0 Å². The quantitative estimate of drug-likeness (QED) is 0.323. The highest BCUT2D eigenvalue weighted by molar-refractivity contribution is 5.03. The predicted octanol–water partition coefficient (Wildman–Crippen LogP) is -2.93. The van der Waals surface area contributed by atoms with Crippen molar-refractivity contribution in [1.82, 2.24) is 10.2 Å². The highest BCUT2D eigenvalue weighted by atomic mass is 16.4. The van der Waals surface area contributed by atoms with Crippen LogP contribution in [-0.2, 0) is 0 Å². The van der Waals surface area contributed by atoms with Crippen molar-refractivity contribution in [3.8, 4) is 0 Å². The second kappa shape index (κ2) is 3.97. The van der Waals surface area contributed by atoms with Crippen molar-refractivity contribution in [2.24, 2.45) is 0 Å². The molecule has 1 unspecified atom stereocenters. The van der Waals surface area contributed by atoms with Crippen molar-refractivity contribution >= 4 is 0 Å². The summed E-state index contributed by atoms with van der Waals surface area (Å²) >= 11 is 0. The molecule has 2 rings (SSSR count). The average molecular weight is 218 g/mol. The number of aliphatic hydroxyl groups excluding tert-OH is 3. The molecule has 6 heteroatoms. The van der Waals surface area contributed by atoms with Crippen LogP contribution in [0.3, 0.4) is 0 Å². The fourth-order valence-electron chi connectivity index (χ4n) is 2.39. The van der Waals surface area contributed by atoms with Crippen LogP contribution in [0.15, 0.2) is 0 Å². The summed E-state index contributed by atoms with van der Waals surface area (Å²) in [6.45, 7) is 1.18. The SMILES string of the molecule is OC[C@@]1(O)CN2CCCNC2[C@H](O)[C@H]1O. The molecule has 88 valence electrons. The molecule has 0 radical (unpaired) electrons. The molecule has 0 saturated carbocycles. The van der Waals surface area contributed by atoms with Crippen molar-refractivity contribution in [1.29, 1.82) is 0 Å². The maximum atomic E-state index is 9.93. The highest BCUT2D eigenvalue weighted by Crippen LogP contribution is 2.26. The van der Waals surface area contributed by atoms with E-state index in [-0.39, 0.29) is 12.7 Å². The van der Waals surface area contributed by atoms with Crippen LogP contribution >= 0.6 is 0 Å². The van der Waals surface area contributed by atoms with Gasteiger partial charge in [-0.3, -0.25) is 10.2 Å². The monoisotopic (exact) mass is 218 g/mol. The first-order valence-electron chi connectivity index (χ1n) is 5.25. The molecule has 15 heavy (non-hydrogen) atoms. The molecule has 2 saturated heterocycles. The van der Waals surface area contributed by atoms with Gasteiger partial charge in [-0.25, -0.2) is 0 Å². The maximum absolute atomic E-state index is 9.93. The molecular formula is C9H18N2O4. The van der Waals surface area contributed by atoms with Gasteiger partial charge in [0.1, 0.15) is 17.8 Å². The number of hydrogen-bond donors (Lipinski definition) is 5. The predicted molar refractivity (Wildman–Crippen MR) is 52.0 cm³/mol. The lowest BCUT2D eigenvalue weighted by Crippen LogP contribution is -2.73. The van der Waals surface area contributed by atoms with Gasteiger partial charge in [-0.1, -0.05) is 0 Å². The minimum absolute atomic E-state index is 0.180. The van der Waals surface area contributed by atoms with E-state index in [1.165, 1.54) is 0 Å². The van der Waals surface area contributed by atoms with E-state index < -0.39 is 24.4 Å². The average Bonchev–Trinajstić information content (AvgIpc) is 2.26. The van der Waals surface area contributed by atoms with Gasteiger partial charge in [-0.05, 0) is 13.0 Å². The van der Waals surface area contributed by atoms with Gasteiger partial charge in [0.25, 0.3) is 0 Å². The van der Waals surface area contributed by atoms with Crippen LogP contribution in [0.2, 0.25) is 0 Å². The van der Waals surface area contributed by atoms with Crippen LogP contribution in [0.1, 0.15) is 6.42 Å². The summed E-state index contributed by atoms with van der Waals surface area (Å²) in [6.07, 6.45) is -1.77. The van der Waals surface area contributed by atoms with Gasteiger partial charge in [-0.2, -0.15) is 0 Å². The fourth-order valence-corrected chi connectivity index (χ4v) is 2.39. The van der Waals surface area contributed by atoms with E-state index in [0.29, 0.717) is 0 Å². The summed E-state index contributed by atoms with van der Waals surface area (Å²) in [5, 5.41) is 41.6. The third-order valence-electron chi connectivity index (χ3n) is 3.32. The van der Waals surface area contributed by atoms with Crippen molar-refractivity contribution in [2.45, 2.75) is 30.4 Å². The highest BCUT2D eigenvalue weighted by Gasteiger charge is 2.50. The standard InChI is InChI=1S/C9H18N2O4/c12-5-9(15)4-11-3-1-2-10-8(11)6(13)7(9)14/h6-8,10,12-15H,1-5H2/t6-,7-,8?,9+/m1/s1. The van der Waals surface area contributed by atoms with Crippen molar-refractivity contribution in [3.05, 3.63) is 0 Å². The topological polar surface area (TPSA) is 96.2 Å². The van der Waals surface area contributed by atoms with E-state index in [9.17, 15) is 15.3 Å². The molecule has 2 heterocycles. The molecule has 0 aromatic rings. The van der Waals surface area contributed by atoms with Gasteiger partial charge in [0.2, 0.25) is 0 Å². The zero-order valence-corrected chi connectivity index (χ0v) is 8.50. The Kier molecular flexibility index (Phi) is 2.98. The summed E-state index contributed by atoms with van der Waals surface area (Å²) in [7, 11) is 0. The summed E-state index contributed by atoms with van der Waals surface area (Å²) in [6, 6.07) is 0. The summed E-state index contributed by atoms with van der Waals surface area (Å²) in [5.74, 6) is 0.